The highest BCUT2D eigenvalue weighted by molar-refractivity contribution is 7.99. The Balaban J connectivity index is 1.48. The quantitative estimate of drug-likeness (QED) is 0.714. The molecule has 16 heavy (non-hydrogen) atoms. The molecule has 1 aliphatic rings. The largest absolute Gasteiger partial charge is 0.313 e. The van der Waals surface area contributed by atoms with Gasteiger partial charge in [0.15, 0.2) is 0 Å². The number of hydrogen-bond acceptors (Lipinski definition) is 3. The fourth-order valence-corrected chi connectivity index (χ4v) is 3.65. The van der Waals surface area contributed by atoms with Gasteiger partial charge < -0.3 is 5.32 Å². The molecule has 1 nitrogen and oxygen atoms in total. The van der Waals surface area contributed by atoms with E-state index in [1.165, 1.54) is 35.6 Å². The van der Waals surface area contributed by atoms with Crippen LogP contribution in [-0.4, -0.2) is 24.1 Å². The minimum atomic E-state index is 0.611. The fourth-order valence-electron chi connectivity index (χ4n) is 1.71. The zero-order valence-corrected chi connectivity index (χ0v) is 11.6. The smallest absolute Gasteiger partial charge is 0.00873 e. The molecule has 3 heteroatoms. The van der Waals surface area contributed by atoms with Gasteiger partial charge in [0.05, 0.1) is 0 Å². The van der Waals surface area contributed by atoms with Crippen LogP contribution in [0.5, 0.6) is 0 Å². The van der Waals surface area contributed by atoms with Crippen molar-refractivity contribution in [2.75, 3.05) is 18.1 Å². The zero-order valence-electron chi connectivity index (χ0n) is 9.95. The molecule has 0 radical (unpaired) electrons. The van der Waals surface area contributed by atoms with E-state index in [4.69, 9.17) is 0 Å². The Morgan fingerprint density at radius 3 is 3.12 bits per heavy atom. The first-order valence-electron chi connectivity index (χ1n) is 6.18. The van der Waals surface area contributed by atoms with E-state index >= 15 is 0 Å². The monoisotopic (exact) mass is 255 g/mol. The standard InChI is InChI=1S/C13H21NS2/c1-11(9-13-3-2-7-16-13)14-6-8-15-10-12-4-5-12/h2-3,7,11-12,14H,4-6,8-10H2,1H3. The maximum Gasteiger partial charge on any atom is 0.00873 e. The van der Waals surface area contributed by atoms with Crippen molar-refractivity contribution >= 4 is 23.1 Å². The highest BCUT2D eigenvalue weighted by Crippen LogP contribution is 2.32. The summed E-state index contributed by atoms with van der Waals surface area (Å²) in [5.41, 5.74) is 0. The number of nitrogens with one attached hydrogen (secondary N) is 1. The van der Waals surface area contributed by atoms with Crippen molar-refractivity contribution < 1.29 is 0 Å². The molecule has 0 bridgehead atoms. The van der Waals surface area contributed by atoms with Crippen molar-refractivity contribution in [1.29, 1.82) is 0 Å². The van der Waals surface area contributed by atoms with Crippen molar-refractivity contribution in [3.05, 3.63) is 22.4 Å². The number of thiophene rings is 1. The molecule has 0 aliphatic heterocycles. The van der Waals surface area contributed by atoms with Crippen molar-refractivity contribution in [2.45, 2.75) is 32.2 Å². The van der Waals surface area contributed by atoms with Gasteiger partial charge >= 0.3 is 0 Å². The molecule has 90 valence electrons. The summed E-state index contributed by atoms with van der Waals surface area (Å²) in [7, 11) is 0. The summed E-state index contributed by atoms with van der Waals surface area (Å²) < 4.78 is 0. The first kappa shape index (κ1) is 12.5. The first-order valence-corrected chi connectivity index (χ1v) is 8.21. The van der Waals surface area contributed by atoms with E-state index in [1.807, 2.05) is 11.3 Å². The average Bonchev–Trinajstić information content (AvgIpc) is 2.95. The predicted molar refractivity (Wildman–Crippen MR) is 75.5 cm³/mol. The van der Waals surface area contributed by atoms with Crippen LogP contribution in [0.2, 0.25) is 0 Å². The third-order valence-electron chi connectivity index (χ3n) is 2.88. The molecule has 1 aliphatic carbocycles. The highest BCUT2D eigenvalue weighted by Gasteiger charge is 2.20. The Labute approximate surface area is 107 Å². The maximum atomic E-state index is 3.60. The predicted octanol–water partition coefficient (Wildman–Crippen LogP) is 3.41. The van der Waals surface area contributed by atoms with Gasteiger partial charge in [0.2, 0.25) is 0 Å². The van der Waals surface area contributed by atoms with Gasteiger partial charge in [0, 0.05) is 23.2 Å². The Morgan fingerprint density at radius 2 is 2.44 bits per heavy atom. The van der Waals surface area contributed by atoms with E-state index in [9.17, 15) is 0 Å². The molecule has 1 saturated carbocycles. The van der Waals surface area contributed by atoms with Crippen LogP contribution in [-0.2, 0) is 6.42 Å². The van der Waals surface area contributed by atoms with E-state index in [0.29, 0.717) is 6.04 Å². The minimum Gasteiger partial charge on any atom is -0.313 e. The maximum absolute atomic E-state index is 3.60. The van der Waals surface area contributed by atoms with Crippen molar-refractivity contribution in [2.24, 2.45) is 5.92 Å². The molecule has 1 atom stereocenters. The third kappa shape index (κ3) is 4.89. The van der Waals surface area contributed by atoms with Crippen molar-refractivity contribution in [3.63, 3.8) is 0 Å². The molecule has 1 heterocycles. The second-order valence-corrected chi connectivity index (χ2v) is 6.84. The van der Waals surface area contributed by atoms with Crippen LogP contribution in [0.3, 0.4) is 0 Å². The molecule has 0 amide bonds. The molecular formula is C13H21NS2. The van der Waals surface area contributed by atoms with Crippen molar-refractivity contribution in [3.8, 4) is 0 Å². The van der Waals surface area contributed by atoms with Gasteiger partial charge in [-0.15, -0.1) is 11.3 Å². The summed E-state index contributed by atoms with van der Waals surface area (Å²) in [5.74, 6) is 3.72. The SMILES string of the molecule is CC(Cc1cccs1)NCCSCC1CC1. The Bertz CT molecular complexity index is 280. The molecule has 0 spiro atoms. The second kappa shape index (κ2) is 6.67. The molecule has 1 aromatic heterocycles. The zero-order chi connectivity index (χ0) is 11.2. The van der Waals surface area contributed by atoms with Gasteiger partial charge in [-0.1, -0.05) is 6.07 Å². The minimum absolute atomic E-state index is 0.611. The summed E-state index contributed by atoms with van der Waals surface area (Å²) in [5, 5.41) is 5.76. The summed E-state index contributed by atoms with van der Waals surface area (Å²) in [4.78, 5) is 1.49. The summed E-state index contributed by atoms with van der Waals surface area (Å²) >= 11 is 3.98. The van der Waals surface area contributed by atoms with Crippen LogP contribution in [0.1, 0.15) is 24.6 Å². The van der Waals surface area contributed by atoms with Gasteiger partial charge in [-0.05, 0) is 49.3 Å². The third-order valence-corrected chi connectivity index (χ3v) is 4.98. The van der Waals surface area contributed by atoms with Crippen LogP contribution < -0.4 is 5.32 Å². The van der Waals surface area contributed by atoms with E-state index in [1.54, 1.807) is 0 Å². The number of hydrogen-bond donors (Lipinski definition) is 1. The summed E-state index contributed by atoms with van der Waals surface area (Å²) in [6.07, 6.45) is 4.13. The van der Waals surface area contributed by atoms with Crippen LogP contribution in [0, 0.1) is 5.92 Å². The van der Waals surface area contributed by atoms with Crippen molar-refractivity contribution in [1.82, 2.24) is 5.32 Å². The Kier molecular flexibility index (Phi) is 5.20. The Morgan fingerprint density at radius 1 is 1.56 bits per heavy atom. The number of thioether (sulfide) groups is 1. The summed E-state index contributed by atoms with van der Waals surface area (Å²) in [6.45, 7) is 3.44. The number of rotatable bonds is 8. The Hall–Kier alpha value is 0.01000. The average molecular weight is 255 g/mol. The molecule has 1 aromatic rings. The lowest BCUT2D eigenvalue weighted by molar-refractivity contribution is 0.571. The first-order chi connectivity index (χ1) is 7.84. The molecule has 2 rings (SSSR count). The highest BCUT2D eigenvalue weighted by atomic mass is 32.2. The molecule has 0 saturated heterocycles. The lowest BCUT2D eigenvalue weighted by atomic mass is 10.2. The molecular weight excluding hydrogens is 234 g/mol. The normalized spacial score (nSPS) is 17.6. The van der Waals surface area contributed by atoms with E-state index in [0.717, 1.165) is 12.5 Å². The van der Waals surface area contributed by atoms with Gasteiger partial charge in [-0.2, -0.15) is 11.8 Å². The fraction of sp³-hybridized carbons (Fsp3) is 0.692. The lowest BCUT2D eigenvalue weighted by Crippen LogP contribution is -2.29. The van der Waals surface area contributed by atoms with E-state index in [-0.39, 0.29) is 0 Å². The summed E-state index contributed by atoms with van der Waals surface area (Å²) in [6, 6.07) is 4.98. The van der Waals surface area contributed by atoms with E-state index in [2.05, 4.69) is 41.5 Å². The molecule has 0 aromatic carbocycles. The van der Waals surface area contributed by atoms with Gasteiger partial charge in [0.25, 0.3) is 0 Å². The van der Waals surface area contributed by atoms with E-state index < -0.39 is 0 Å². The topological polar surface area (TPSA) is 12.0 Å². The molecule has 1 unspecified atom stereocenters. The van der Waals surface area contributed by atoms with Gasteiger partial charge in [-0.3, -0.25) is 0 Å². The second-order valence-electron chi connectivity index (χ2n) is 4.66. The van der Waals surface area contributed by atoms with Gasteiger partial charge in [-0.25, -0.2) is 0 Å². The van der Waals surface area contributed by atoms with Gasteiger partial charge in [0.1, 0.15) is 0 Å². The lowest BCUT2D eigenvalue weighted by Gasteiger charge is -2.12. The molecule has 1 fully saturated rings. The molecule has 1 N–H and O–H groups in total. The van der Waals surface area contributed by atoms with Crippen LogP contribution in [0.4, 0.5) is 0 Å². The van der Waals surface area contributed by atoms with Crippen LogP contribution in [0.15, 0.2) is 17.5 Å². The van der Waals surface area contributed by atoms with Crippen LogP contribution >= 0.6 is 23.1 Å². The van der Waals surface area contributed by atoms with Crippen LogP contribution in [0.25, 0.3) is 0 Å².